The normalized spacial score (nSPS) is 11.2. The summed E-state index contributed by atoms with van der Waals surface area (Å²) in [7, 11) is 0. The van der Waals surface area contributed by atoms with Gasteiger partial charge in [-0.1, -0.05) is 102 Å². The molecular weight excluding hydrogens is 709 g/mol. The van der Waals surface area contributed by atoms with Crippen LogP contribution >= 0.6 is 0 Å². The molecule has 1 aromatic heterocycles. The lowest BCUT2D eigenvalue weighted by atomic mass is 10.0. The third-order valence-corrected chi connectivity index (χ3v) is 10.2. The molecule has 0 aliphatic carbocycles. The van der Waals surface area contributed by atoms with Crippen LogP contribution < -0.4 is 18.9 Å². The molecule has 0 spiro atoms. The van der Waals surface area contributed by atoms with Crippen molar-refractivity contribution in [3.05, 3.63) is 109 Å². The third-order valence-electron chi connectivity index (χ3n) is 10.2. The van der Waals surface area contributed by atoms with Gasteiger partial charge in [-0.05, 0) is 133 Å². The van der Waals surface area contributed by atoms with E-state index in [0.717, 1.165) is 102 Å². The Hall–Kier alpha value is -5.30. The molecule has 7 nitrogen and oxygen atoms in total. The number of benzene rings is 5. The number of fused-ring (bicyclic) bond motifs is 1. The van der Waals surface area contributed by atoms with Gasteiger partial charge < -0.3 is 23.4 Å². The van der Waals surface area contributed by atoms with Crippen LogP contribution in [0.4, 0.5) is 0 Å². The van der Waals surface area contributed by atoms with Crippen LogP contribution in [-0.4, -0.2) is 36.6 Å². The number of ether oxygens (including phenoxy) is 4. The first-order valence-corrected chi connectivity index (χ1v) is 21.4. The number of hydrogen-bond acceptors (Lipinski definition) is 7. The van der Waals surface area contributed by atoms with Crippen molar-refractivity contribution in [2.45, 2.75) is 104 Å². The van der Waals surface area contributed by atoms with Crippen LogP contribution in [0, 0.1) is 0 Å². The predicted octanol–water partition coefficient (Wildman–Crippen LogP) is 13.9. The Bertz CT molecular complexity index is 2020. The summed E-state index contributed by atoms with van der Waals surface area (Å²) in [5.74, 6) is 4.55. The molecule has 0 fully saturated rings. The number of unbranched alkanes of at least 4 members (excludes halogenated alkanes) is 11. The first kappa shape index (κ1) is 41.3. The zero-order valence-corrected chi connectivity index (χ0v) is 34.1. The van der Waals surface area contributed by atoms with Crippen LogP contribution in [0.1, 0.15) is 104 Å². The molecule has 0 saturated carbocycles. The largest absolute Gasteiger partial charge is 0.494 e. The summed E-state index contributed by atoms with van der Waals surface area (Å²) in [4.78, 5) is 0. The zero-order valence-electron chi connectivity index (χ0n) is 34.1. The Balaban J connectivity index is 0.859. The van der Waals surface area contributed by atoms with E-state index in [9.17, 15) is 0 Å². The van der Waals surface area contributed by atoms with Crippen LogP contribution in [0.3, 0.4) is 0 Å². The maximum Gasteiger partial charge on any atom is 0.248 e. The monoisotopic (exact) mass is 768 g/mol. The SMILES string of the molecule is CCCCCCCCOc1ccc(-c2ccc(-c3nnc(-c4ccc(OCCCCCCOc5ccc6ccc(OCCCCCC)cc6c5)cc4)o3)cc2)cc1. The maximum absolute atomic E-state index is 6.08. The second-order valence-corrected chi connectivity index (χ2v) is 14.8. The first-order chi connectivity index (χ1) is 28.2. The van der Waals surface area contributed by atoms with E-state index in [4.69, 9.17) is 23.4 Å². The van der Waals surface area contributed by atoms with E-state index in [1.165, 1.54) is 56.8 Å². The molecule has 1 heterocycles. The van der Waals surface area contributed by atoms with E-state index in [1.54, 1.807) is 0 Å². The van der Waals surface area contributed by atoms with Crippen molar-refractivity contribution in [1.82, 2.24) is 10.2 Å². The van der Waals surface area contributed by atoms with Gasteiger partial charge in [-0.2, -0.15) is 0 Å². The van der Waals surface area contributed by atoms with E-state index >= 15 is 0 Å². The highest BCUT2D eigenvalue weighted by atomic mass is 16.5. The Morgan fingerprint density at radius 1 is 0.351 bits per heavy atom. The zero-order chi connectivity index (χ0) is 39.3. The van der Waals surface area contributed by atoms with Crippen molar-refractivity contribution in [3.63, 3.8) is 0 Å². The molecule has 6 aromatic rings. The van der Waals surface area contributed by atoms with Crippen LogP contribution in [0.5, 0.6) is 23.0 Å². The highest BCUT2D eigenvalue weighted by Gasteiger charge is 2.12. The minimum atomic E-state index is 0.481. The first-order valence-electron chi connectivity index (χ1n) is 21.4. The number of nitrogens with zero attached hydrogens (tertiary/aromatic N) is 2. The fraction of sp³-hybridized carbons (Fsp3) is 0.400. The lowest BCUT2D eigenvalue weighted by Crippen LogP contribution is -2.00. The van der Waals surface area contributed by atoms with E-state index in [2.05, 4.69) is 84.7 Å². The minimum Gasteiger partial charge on any atom is -0.494 e. The molecule has 0 aliphatic heterocycles. The molecule has 0 unspecified atom stereocenters. The van der Waals surface area contributed by atoms with Crippen molar-refractivity contribution in [2.75, 3.05) is 26.4 Å². The smallest absolute Gasteiger partial charge is 0.248 e. The van der Waals surface area contributed by atoms with E-state index in [-0.39, 0.29) is 0 Å². The second-order valence-electron chi connectivity index (χ2n) is 14.8. The lowest BCUT2D eigenvalue weighted by Gasteiger charge is -2.10. The molecule has 0 radical (unpaired) electrons. The Kier molecular flexibility index (Phi) is 16.7. The van der Waals surface area contributed by atoms with Crippen molar-refractivity contribution in [2.24, 2.45) is 0 Å². The molecule has 0 bridgehead atoms. The summed E-state index contributed by atoms with van der Waals surface area (Å²) in [6.45, 7) is 7.39. The molecule has 0 atom stereocenters. The molecule has 0 amide bonds. The molecule has 300 valence electrons. The van der Waals surface area contributed by atoms with Crippen LogP contribution in [-0.2, 0) is 0 Å². The third kappa shape index (κ3) is 13.4. The fourth-order valence-electron chi connectivity index (χ4n) is 6.81. The van der Waals surface area contributed by atoms with Crippen LogP contribution in [0.25, 0.3) is 44.8 Å². The molecule has 0 saturated heterocycles. The quantitative estimate of drug-likeness (QED) is 0.0509. The number of aromatic nitrogens is 2. The summed E-state index contributed by atoms with van der Waals surface area (Å²) in [6, 6.07) is 36.9. The van der Waals surface area contributed by atoms with Gasteiger partial charge in [0.1, 0.15) is 23.0 Å². The van der Waals surface area contributed by atoms with Crippen molar-refractivity contribution >= 4 is 10.8 Å². The van der Waals surface area contributed by atoms with Gasteiger partial charge in [0.25, 0.3) is 0 Å². The molecule has 6 rings (SSSR count). The highest BCUT2D eigenvalue weighted by Crippen LogP contribution is 2.29. The lowest BCUT2D eigenvalue weighted by molar-refractivity contribution is 0.288. The molecule has 5 aromatic carbocycles. The Morgan fingerprint density at radius 3 is 1.14 bits per heavy atom. The van der Waals surface area contributed by atoms with Gasteiger partial charge in [0, 0.05) is 11.1 Å². The number of hydrogen-bond donors (Lipinski definition) is 0. The average molecular weight is 769 g/mol. The van der Waals surface area contributed by atoms with Gasteiger partial charge in [-0.25, -0.2) is 0 Å². The Labute approximate surface area is 339 Å². The molecule has 0 N–H and O–H groups in total. The second kappa shape index (κ2) is 23.1. The van der Waals surface area contributed by atoms with E-state index in [0.29, 0.717) is 25.0 Å². The van der Waals surface area contributed by atoms with Crippen molar-refractivity contribution in [1.29, 1.82) is 0 Å². The molecule has 7 heteroatoms. The van der Waals surface area contributed by atoms with Gasteiger partial charge in [0.15, 0.2) is 0 Å². The van der Waals surface area contributed by atoms with Crippen LogP contribution in [0.2, 0.25) is 0 Å². The van der Waals surface area contributed by atoms with Gasteiger partial charge in [0.2, 0.25) is 11.8 Å². The summed E-state index contributed by atoms with van der Waals surface area (Å²) < 4.78 is 30.1. The summed E-state index contributed by atoms with van der Waals surface area (Å²) in [6.07, 6.45) is 16.6. The minimum absolute atomic E-state index is 0.481. The van der Waals surface area contributed by atoms with Crippen LogP contribution in [0.15, 0.2) is 114 Å². The average Bonchev–Trinajstić information content (AvgIpc) is 3.75. The van der Waals surface area contributed by atoms with Gasteiger partial charge in [0.05, 0.1) is 26.4 Å². The van der Waals surface area contributed by atoms with Gasteiger partial charge in [-0.3, -0.25) is 0 Å². The van der Waals surface area contributed by atoms with Gasteiger partial charge in [-0.15, -0.1) is 10.2 Å². The van der Waals surface area contributed by atoms with E-state index < -0.39 is 0 Å². The molecule has 0 aliphatic rings. The summed E-state index contributed by atoms with van der Waals surface area (Å²) >= 11 is 0. The number of rotatable bonds is 26. The summed E-state index contributed by atoms with van der Waals surface area (Å²) in [5, 5.41) is 11.0. The van der Waals surface area contributed by atoms with E-state index in [1.807, 2.05) is 48.5 Å². The predicted molar refractivity (Wildman–Crippen MR) is 233 cm³/mol. The fourth-order valence-corrected chi connectivity index (χ4v) is 6.81. The maximum atomic E-state index is 6.08. The topological polar surface area (TPSA) is 75.8 Å². The Morgan fingerprint density at radius 2 is 0.684 bits per heavy atom. The van der Waals surface area contributed by atoms with Crippen molar-refractivity contribution in [3.8, 4) is 57.0 Å². The van der Waals surface area contributed by atoms with Gasteiger partial charge >= 0.3 is 0 Å². The van der Waals surface area contributed by atoms with Crippen molar-refractivity contribution < 1.29 is 23.4 Å². The molecular formula is C50H60N2O5. The standard InChI is InChI=1S/C50H60N2O5/c1-3-5-7-9-10-14-33-53-45-27-21-40(22-28-45)39-17-19-42(20-18-39)49-51-52-50(57-49)43-25-29-46(30-26-43)54-34-15-11-12-16-36-56-48-32-24-41-23-31-47(37-44(41)38-48)55-35-13-8-6-4-2/h17-32,37-38H,3-16,33-36H2,1-2H3. The molecule has 57 heavy (non-hydrogen) atoms. The highest BCUT2D eigenvalue weighted by molar-refractivity contribution is 5.85. The summed E-state index contributed by atoms with van der Waals surface area (Å²) in [5.41, 5.74) is 3.99.